The van der Waals surface area contributed by atoms with Crippen LogP contribution in [0.25, 0.3) is 0 Å². The van der Waals surface area contributed by atoms with Gasteiger partial charge >= 0.3 is 0 Å². The molecule has 4 heteroatoms. The van der Waals surface area contributed by atoms with E-state index in [0.29, 0.717) is 5.41 Å². The molecule has 2 aliphatic rings. The minimum absolute atomic E-state index is 0.185. The van der Waals surface area contributed by atoms with E-state index in [2.05, 4.69) is 39.8 Å². The fourth-order valence-electron chi connectivity index (χ4n) is 4.21. The molecule has 0 saturated carbocycles. The number of nitro groups is 1. The zero-order chi connectivity index (χ0) is 19.1. The van der Waals surface area contributed by atoms with E-state index in [1.54, 1.807) is 12.1 Å². The van der Waals surface area contributed by atoms with Gasteiger partial charge in [-0.2, -0.15) is 0 Å². The van der Waals surface area contributed by atoms with Gasteiger partial charge in [0, 0.05) is 17.8 Å². The van der Waals surface area contributed by atoms with Crippen molar-refractivity contribution in [1.29, 1.82) is 0 Å². The van der Waals surface area contributed by atoms with Crippen molar-refractivity contribution in [1.82, 2.24) is 0 Å². The molecule has 0 atom stereocenters. The molecule has 2 aliphatic carbocycles. The molecular formula is C22H28N2O2. The van der Waals surface area contributed by atoms with Crippen molar-refractivity contribution >= 4 is 11.4 Å². The molecule has 0 fully saturated rings. The second kappa shape index (κ2) is 6.42. The summed E-state index contributed by atoms with van der Waals surface area (Å²) < 4.78 is 0. The van der Waals surface area contributed by atoms with E-state index >= 15 is 0 Å². The predicted octanol–water partition coefficient (Wildman–Crippen LogP) is 5.31. The zero-order valence-electron chi connectivity index (χ0n) is 16.1. The Labute approximate surface area is 155 Å². The van der Waals surface area contributed by atoms with Gasteiger partial charge in [-0.15, -0.1) is 0 Å². The monoisotopic (exact) mass is 352 g/mol. The summed E-state index contributed by atoms with van der Waals surface area (Å²) in [5, 5.41) is 10.6. The van der Waals surface area contributed by atoms with Crippen LogP contribution < -0.4 is 5.73 Å². The Morgan fingerprint density at radius 3 is 1.92 bits per heavy atom. The van der Waals surface area contributed by atoms with Gasteiger partial charge in [-0.25, -0.2) is 0 Å². The molecule has 0 saturated heterocycles. The van der Waals surface area contributed by atoms with Crippen LogP contribution in [-0.2, 0) is 23.7 Å². The standard InChI is InChI=1S/C11H13NO2.C11H15N/c1-11(2)6-5-8-7-9(12(13)14)3-4-10(8)11;1-11(2)6-5-8-7-9(12)3-4-10(8)11/h3-4,7H,5-6H2,1-2H3;3-4,7H,5-6,12H2,1-2H3. The molecule has 0 aromatic heterocycles. The number of nitrogen functional groups attached to an aromatic ring is 1. The fraction of sp³-hybridized carbons (Fsp3) is 0.455. The van der Waals surface area contributed by atoms with Crippen LogP contribution >= 0.6 is 0 Å². The Hall–Kier alpha value is -2.36. The Morgan fingerprint density at radius 1 is 0.885 bits per heavy atom. The molecule has 2 aromatic rings. The molecule has 26 heavy (non-hydrogen) atoms. The highest BCUT2D eigenvalue weighted by molar-refractivity contribution is 5.49. The van der Waals surface area contributed by atoms with E-state index in [-0.39, 0.29) is 16.0 Å². The lowest BCUT2D eigenvalue weighted by atomic mass is 9.87. The SMILES string of the molecule is CC1(C)CCc2cc(N)ccc21.CC1(C)CCc2cc([N+](=O)[O-])ccc21. The third-order valence-corrected chi connectivity index (χ3v) is 5.93. The lowest BCUT2D eigenvalue weighted by Gasteiger charge is -2.18. The Bertz CT molecular complexity index is 853. The third-order valence-electron chi connectivity index (χ3n) is 5.93. The second-order valence-corrected chi connectivity index (χ2v) is 8.78. The number of hydrogen-bond donors (Lipinski definition) is 1. The minimum atomic E-state index is -0.328. The maximum absolute atomic E-state index is 10.6. The van der Waals surface area contributed by atoms with Crippen LogP contribution in [0.2, 0.25) is 0 Å². The van der Waals surface area contributed by atoms with Gasteiger partial charge in [0.2, 0.25) is 0 Å². The lowest BCUT2D eigenvalue weighted by Crippen LogP contribution is -2.11. The number of fused-ring (bicyclic) bond motifs is 2. The van der Waals surface area contributed by atoms with Gasteiger partial charge in [0.25, 0.3) is 5.69 Å². The molecule has 0 amide bonds. The normalized spacial score (nSPS) is 18.5. The molecule has 0 radical (unpaired) electrons. The van der Waals surface area contributed by atoms with Crippen molar-refractivity contribution in [2.75, 3.05) is 5.73 Å². The highest BCUT2D eigenvalue weighted by atomic mass is 16.6. The van der Waals surface area contributed by atoms with Crippen molar-refractivity contribution in [2.24, 2.45) is 0 Å². The van der Waals surface area contributed by atoms with Crippen molar-refractivity contribution in [3.05, 3.63) is 68.8 Å². The topological polar surface area (TPSA) is 69.2 Å². The van der Waals surface area contributed by atoms with Gasteiger partial charge in [-0.05, 0) is 70.9 Å². The van der Waals surface area contributed by atoms with Crippen LogP contribution in [-0.4, -0.2) is 4.92 Å². The Kier molecular flexibility index (Phi) is 4.55. The van der Waals surface area contributed by atoms with Gasteiger partial charge in [0.15, 0.2) is 0 Å². The molecule has 0 unspecified atom stereocenters. The number of nitrogens with two attached hydrogens (primary N) is 1. The molecule has 138 valence electrons. The largest absolute Gasteiger partial charge is 0.399 e. The van der Waals surface area contributed by atoms with Crippen LogP contribution in [0.5, 0.6) is 0 Å². The van der Waals surface area contributed by atoms with Crippen LogP contribution in [0.1, 0.15) is 62.8 Å². The van der Waals surface area contributed by atoms with E-state index in [0.717, 1.165) is 24.1 Å². The van der Waals surface area contributed by atoms with Crippen molar-refractivity contribution in [2.45, 2.75) is 64.2 Å². The van der Waals surface area contributed by atoms with Gasteiger partial charge in [-0.3, -0.25) is 10.1 Å². The first-order valence-electron chi connectivity index (χ1n) is 9.27. The lowest BCUT2D eigenvalue weighted by molar-refractivity contribution is -0.384. The summed E-state index contributed by atoms with van der Waals surface area (Å²) in [4.78, 5) is 10.2. The molecule has 4 nitrogen and oxygen atoms in total. The third kappa shape index (κ3) is 3.46. The Balaban J connectivity index is 0.000000152. The van der Waals surface area contributed by atoms with Crippen LogP contribution in [0.4, 0.5) is 11.4 Å². The molecule has 2 N–H and O–H groups in total. The maximum Gasteiger partial charge on any atom is 0.269 e. The van der Waals surface area contributed by atoms with Gasteiger partial charge in [0.05, 0.1) is 4.92 Å². The number of hydrogen-bond acceptors (Lipinski definition) is 3. The van der Waals surface area contributed by atoms with E-state index in [9.17, 15) is 10.1 Å². The smallest absolute Gasteiger partial charge is 0.269 e. The highest BCUT2D eigenvalue weighted by Gasteiger charge is 2.31. The second-order valence-electron chi connectivity index (χ2n) is 8.78. The molecule has 0 spiro atoms. The summed E-state index contributed by atoms with van der Waals surface area (Å²) in [6.07, 6.45) is 4.49. The maximum atomic E-state index is 10.6. The van der Waals surface area contributed by atoms with Crippen molar-refractivity contribution in [3.8, 4) is 0 Å². The number of aryl methyl sites for hydroxylation is 2. The molecule has 0 heterocycles. The summed E-state index contributed by atoms with van der Waals surface area (Å²) in [6.45, 7) is 8.97. The van der Waals surface area contributed by atoms with Crippen LogP contribution in [0.3, 0.4) is 0 Å². The molecule has 0 bridgehead atoms. The molecule has 0 aliphatic heterocycles. The Morgan fingerprint density at radius 2 is 1.38 bits per heavy atom. The summed E-state index contributed by atoms with van der Waals surface area (Å²) >= 11 is 0. The average molecular weight is 352 g/mol. The predicted molar refractivity (Wildman–Crippen MR) is 107 cm³/mol. The number of anilines is 1. The number of non-ortho nitro benzene ring substituents is 1. The highest BCUT2D eigenvalue weighted by Crippen LogP contribution is 2.40. The van der Waals surface area contributed by atoms with E-state index in [1.807, 2.05) is 12.1 Å². The first kappa shape index (κ1) is 18.4. The average Bonchev–Trinajstić information content (AvgIpc) is 3.04. The summed E-state index contributed by atoms with van der Waals surface area (Å²) in [7, 11) is 0. The number of rotatable bonds is 1. The van der Waals surface area contributed by atoms with E-state index < -0.39 is 0 Å². The first-order valence-corrected chi connectivity index (χ1v) is 9.27. The summed E-state index contributed by atoms with van der Waals surface area (Å²) in [5.41, 5.74) is 12.7. The number of benzene rings is 2. The molecular weight excluding hydrogens is 324 g/mol. The van der Waals surface area contributed by atoms with Gasteiger partial charge < -0.3 is 5.73 Å². The van der Waals surface area contributed by atoms with Crippen molar-refractivity contribution < 1.29 is 4.92 Å². The van der Waals surface area contributed by atoms with Crippen LogP contribution in [0, 0.1) is 10.1 Å². The fourth-order valence-corrected chi connectivity index (χ4v) is 4.21. The minimum Gasteiger partial charge on any atom is -0.399 e. The quantitative estimate of drug-likeness (QED) is 0.429. The van der Waals surface area contributed by atoms with Gasteiger partial charge in [0.1, 0.15) is 0 Å². The molecule has 2 aromatic carbocycles. The summed E-state index contributed by atoms with van der Waals surface area (Å²) in [5.74, 6) is 0. The first-order chi connectivity index (χ1) is 12.1. The summed E-state index contributed by atoms with van der Waals surface area (Å²) in [6, 6.07) is 11.5. The van der Waals surface area contributed by atoms with Crippen LogP contribution in [0.15, 0.2) is 36.4 Å². The van der Waals surface area contributed by atoms with Gasteiger partial charge in [-0.1, -0.05) is 39.8 Å². The molecule has 4 rings (SSSR count). The zero-order valence-corrected chi connectivity index (χ0v) is 16.1. The van der Waals surface area contributed by atoms with E-state index in [1.165, 1.54) is 29.5 Å². The van der Waals surface area contributed by atoms with E-state index in [4.69, 9.17) is 5.73 Å². The number of nitrogens with zero attached hydrogens (tertiary/aromatic N) is 1. The van der Waals surface area contributed by atoms with Crippen molar-refractivity contribution in [3.63, 3.8) is 0 Å². The number of nitro benzene ring substituents is 1.